The SMILES string of the molecule is CC(=O)n1c(SC(C)C(=O)Nc2nc3ccc([N+](=O)[O-])cc3s2)nc2ccccc21. The number of rotatable bonds is 5. The van der Waals surface area contributed by atoms with Crippen LogP contribution in [0.1, 0.15) is 18.6 Å². The number of nitrogens with one attached hydrogen (secondary N) is 1. The number of carbonyl (C=O) groups excluding carboxylic acids is 2. The minimum atomic E-state index is -0.554. The average molecular weight is 441 g/mol. The standard InChI is InChI=1S/C19H15N5O4S2/c1-10(29-19-21-13-5-3-4-6-15(13)23(19)11(2)25)17(26)22-18-20-14-8-7-12(24(27)28)9-16(14)30-18/h3-10H,1-2H3,(H,20,22,26). The van der Waals surface area contributed by atoms with Gasteiger partial charge in [-0.15, -0.1) is 0 Å². The number of nitro benzene ring substituents is 1. The van der Waals surface area contributed by atoms with Gasteiger partial charge >= 0.3 is 0 Å². The molecular formula is C19H15N5O4S2. The van der Waals surface area contributed by atoms with Crippen molar-refractivity contribution in [3.63, 3.8) is 0 Å². The minimum absolute atomic E-state index is 0.0314. The van der Waals surface area contributed by atoms with Gasteiger partial charge in [0.05, 0.1) is 31.4 Å². The Morgan fingerprint density at radius 3 is 2.70 bits per heavy atom. The Hall–Kier alpha value is -3.31. The van der Waals surface area contributed by atoms with Gasteiger partial charge in [0, 0.05) is 19.1 Å². The Morgan fingerprint density at radius 1 is 1.20 bits per heavy atom. The molecule has 30 heavy (non-hydrogen) atoms. The van der Waals surface area contributed by atoms with Crippen LogP contribution in [-0.2, 0) is 4.79 Å². The van der Waals surface area contributed by atoms with E-state index < -0.39 is 10.2 Å². The van der Waals surface area contributed by atoms with E-state index in [1.165, 1.54) is 35.4 Å². The molecule has 1 atom stereocenters. The number of nitrogens with zero attached hydrogens (tertiary/aromatic N) is 4. The summed E-state index contributed by atoms with van der Waals surface area (Å²) in [5.41, 5.74) is 1.90. The number of thiazole rings is 1. The van der Waals surface area contributed by atoms with Gasteiger partial charge in [0.15, 0.2) is 10.3 Å². The Morgan fingerprint density at radius 2 is 1.97 bits per heavy atom. The maximum absolute atomic E-state index is 12.7. The van der Waals surface area contributed by atoms with Crippen molar-refractivity contribution in [3.05, 3.63) is 52.6 Å². The van der Waals surface area contributed by atoms with E-state index in [1.807, 2.05) is 18.2 Å². The molecule has 9 nitrogen and oxygen atoms in total. The second-order valence-corrected chi connectivity index (χ2v) is 8.75. The number of imidazole rings is 1. The number of thioether (sulfide) groups is 1. The summed E-state index contributed by atoms with van der Waals surface area (Å²) in [6, 6.07) is 11.6. The largest absolute Gasteiger partial charge is 0.301 e. The molecule has 0 saturated carbocycles. The lowest BCUT2D eigenvalue weighted by Crippen LogP contribution is -2.23. The third kappa shape index (κ3) is 3.76. The van der Waals surface area contributed by atoms with Gasteiger partial charge in [-0.1, -0.05) is 35.2 Å². The molecule has 1 amide bonds. The van der Waals surface area contributed by atoms with Gasteiger partial charge in [-0.3, -0.25) is 24.3 Å². The van der Waals surface area contributed by atoms with Crippen LogP contribution in [0.5, 0.6) is 0 Å². The van der Waals surface area contributed by atoms with E-state index in [4.69, 9.17) is 0 Å². The summed E-state index contributed by atoms with van der Waals surface area (Å²) in [7, 11) is 0. The number of hydrogen-bond acceptors (Lipinski definition) is 8. The van der Waals surface area contributed by atoms with Crippen molar-refractivity contribution in [2.45, 2.75) is 24.3 Å². The van der Waals surface area contributed by atoms with Crippen molar-refractivity contribution >= 4 is 67.0 Å². The van der Waals surface area contributed by atoms with Gasteiger partial charge in [-0.05, 0) is 25.1 Å². The first-order valence-corrected chi connectivity index (χ1v) is 10.5. The molecule has 0 radical (unpaired) electrons. The van der Waals surface area contributed by atoms with Gasteiger partial charge in [0.25, 0.3) is 5.69 Å². The molecule has 152 valence electrons. The van der Waals surface area contributed by atoms with Crippen molar-refractivity contribution in [1.29, 1.82) is 0 Å². The van der Waals surface area contributed by atoms with E-state index in [1.54, 1.807) is 19.1 Å². The molecule has 2 heterocycles. The maximum atomic E-state index is 12.7. The highest BCUT2D eigenvalue weighted by Crippen LogP contribution is 2.31. The molecule has 0 aliphatic carbocycles. The van der Waals surface area contributed by atoms with Gasteiger partial charge in [-0.2, -0.15) is 0 Å². The molecular weight excluding hydrogens is 426 g/mol. The van der Waals surface area contributed by atoms with Crippen molar-refractivity contribution in [1.82, 2.24) is 14.5 Å². The predicted octanol–water partition coefficient (Wildman–Crippen LogP) is 4.33. The van der Waals surface area contributed by atoms with Crippen molar-refractivity contribution < 1.29 is 14.5 Å². The lowest BCUT2D eigenvalue weighted by molar-refractivity contribution is -0.384. The number of non-ortho nitro benzene ring substituents is 1. The maximum Gasteiger partial charge on any atom is 0.270 e. The van der Waals surface area contributed by atoms with Crippen LogP contribution >= 0.6 is 23.1 Å². The number of para-hydroxylation sites is 2. The van der Waals surface area contributed by atoms with Crippen LogP contribution in [0.15, 0.2) is 47.6 Å². The topological polar surface area (TPSA) is 120 Å². The summed E-state index contributed by atoms with van der Waals surface area (Å²) >= 11 is 2.33. The summed E-state index contributed by atoms with van der Waals surface area (Å²) in [5.74, 6) is -0.498. The smallest absolute Gasteiger partial charge is 0.270 e. The second kappa shape index (κ2) is 7.84. The zero-order valence-electron chi connectivity index (χ0n) is 15.9. The van der Waals surface area contributed by atoms with Crippen LogP contribution in [-0.4, -0.2) is 36.5 Å². The van der Waals surface area contributed by atoms with Crippen LogP contribution in [0, 0.1) is 10.1 Å². The molecule has 0 spiro atoms. The van der Waals surface area contributed by atoms with E-state index in [9.17, 15) is 19.7 Å². The van der Waals surface area contributed by atoms with Gasteiger partial charge in [0.2, 0.25) is 11.8 Å². The van der Waals surface area contributed by atoms with Crippen LogP contribution in [0.4, 0.5) is 10.8 Å². The fourth-order valence-electron chi connectivity index (χ4n) is 2.89. The van der Waals surface area contributed by atoms with Gasteiger partial charge in [0.1, 0.15) is 0 Å². The molecule has 4 rings (SSSR count). The number of amides is 1. The first kappa shape index (κ1) is 20.0. The van der Waals surface area contributed by atoms with E-state index >= 15 is 0 Å². The monoisotopic (exact) mass is 441 g/mol. The summed E-state index contributed by atoms with van der Waals surface area (Å²) in [4.78, 5) is 44.0. The molecule has 11 heteroatoms. The first-order valence-electron chi connectivity index (χ1n) is 8.84. The van der Waals surface area contributed by atoms with E-state index in [2.05, 4.69) is 15.3 Å². The number of fused-ring (bicyclic) bond motifs is 2. The number of anilines is 1. The zero-order chi connectivity index (χ0) is 21.4. The molecule has 4 aromatic rings. The predicted molar refractivity (Wildman–Crippen MR) is 116 cm³/mol. The lowest BCUT2D eigenvalue weighted by Gasteiger charge is -2.10. The fourth-order valence-corrected chi connectivity index (χ4v) is 4.75. The second-order valence-electron chi connectivity index (χ2n) is 6.42. The molecule has 0 aliphatic heterocycles. The van der Waals surface area contributed by atoms with Crippen molar-refractivity contribution in [3.8, 4) is 0 Å². The van der Waals surface area contributed by atoms with E-state index in [0.717, 1.165) is 11.3 Å². The van der Waals surface area contributed by atoms with Gasteiger partial charge in [-0.25, -0.2) is 9.97 Å². The van der Waals surface area contributed by atoms with Crippen LogP contribution in [0.3, 0.4) is 0 Å². The van der Waals surface area contributed by atoms with E-state index in [-0.39, 0.29) is 17.5 Å². The third-order valence-corrected chi connectivity index (χ3v) is 6.30. The minimum Gasteiger partial charge on any atom is -0.301 e. The van der Waals surface area contributed by atoms with Crippen molar-refractivity contribution in [2.24, 2.45) is 0 Å². The Kier molecular flexibility index (Phi) is 5.22. The molecule has 0 bridgehead atoms. The van der Waals surface area contributed by atoms with Crippen LogP contribution in [0.25, 0.3) is 21.3 Å². The van der Waals surface area contributed by atoms with Crippen LogP contribution in [0.2, 0.25) is 0 Å². The Balaban J connectivity index is 1.54. The highest BCUT2D eigenvalue weighted by Gasteiger charge is 2.22. The molecule has 0 saturated heterocycles. The fraction of sp³-hybridized carbons (Fsp3) is 0.158. The molecule has 2 aromatic carbocycles. The normalized spacial score (nSPS) is 12.2. The summed E-state index contributed by atoms with van der Waals surface area (Å²) in [6.07, 6.45) is 0. The highest BCUT2D eigenvalue weighted by atomic mass is 32.2. The third-order valence-electron chi connectivity index (χ3n) is 4.31. The lowest BCUT2D eigenvalue weighted by atomic mass is 10.3. The molecule has 1 N–H and O–H groups in total. The number of hydrogen-bond donors (Lipinski definition) is 1. The van der Waals surface area contributed by atoms with Crippen LogP contribution < -0.4 is 5.32 Å². The number of aromatic nitrogens is 3. The average Bonchev–Trinajstić information content (AvgIpc) is 3.26. The van der Waals surface area contributed by atoms with Crippen molar-refractivity contribution in [2.75, 3.05) is 5.32 Å². The summed E-state index contributed by atoms with van der Waals surface area (Å²) in [5, 5.41) is 13.9. The highest BCUT2D eigenvalue weighted by molar-refractivity contribution is 8.00. The Bertz CT molecular complexity index is 1310. The number of benzene rings is 2. The van der Waals surface area contributed by atoms with E-state index in [0.29, 0.717) is 31.5 Å². The molecule has 0 aliphatic rings. The number of carbonyl (C=O) groups is 2. The quantitative estimate of drug-likeness (QED) is 0.278. The molecule has 0 fully saturated rings. The Labute approximate surface area is 178 Å². The molecule has 1 unspecified atom stereocenters. The van der Waals surface area contributed by atoms with Gasteiger partial charge < -0.3 is 5.32 Å². The first-order chi connectivity index (χ1) is 14.3. The summed E-state index contributed by atoms with van der Waals surface area (Å²) in [6.45, 7) is 3.16. The zero-order valence-corrected chi connectivity index (χ0v) is 17.5. The summed E-state index contributed by atoms with van der Waals surface area (Å²) < 4.78 is 2.10. The molecule has 2 aromatic heterocycles. The number of nitro groups is 1.